The van der Waals surface area contributed by atoms with Gasteiger partial charge in [0, 0.05) is 36.0 Å². The molecule has 1 radical (unpaired) electrons. The molecule has 105 valence electrons. The maximum atomic E-state index is 11.2. The van der Waals surface area contributed by atoms with Crippen LogP contribution in [0.3, 0.4) is 0 Å². The average molecular weight is 279 g/mol. The molecule has 3 N–H and O–H groups in total. The van der Waals surface area contributed by atoms with E-state index in [2.05, 4.69) is 40.6 Å². The number of aromatic nitrogens is 2. The van der Waals surface area contributed by atoms with Crippen LogP contribution in [0.1, 0.15) is 5.56 Å². The molecule has 0 spiro atoms. The number of primary amides is 1. The van der Waals surface area contributed by atoms with Gasteiger partial charge in [0.15, 0.2) is 0 Å². The predicted octanol–water partition coefficient (Wildman–Crippen LogP) is 2.15. The number of amides is 1. The highest BCUT2D eigenvalue weighted by Gasteiger charge is 2.08. The van der Waals surface area contributed by atoms with E-state index in [1.54, 1.807) is 6.20 Å². The Labute approximate surface area is 122 Å². The van der Waals surface area contributed by atoms with Crippen LogP contribution in [-0.4, -0.2) is 22.6 Å². The van der Waals surface area contributed by atoms with Crippen LogP contribution < -0.4 is 11.1 Å². The van der Waals surface area contributed by atoms with Crippen molar-refractivity contribution in [1.29, 1.82) is 0 Å². The highest BCUT2D eigenvalue weighted by molar-refractivity contribution is 5.90. The molecular weight excluding hydrogens is 264 g/mol. The van der Waals surface area contributed by atoms with Crippen molar-refractivity contribution in [3.05, 3.63) is 54.4 Å². The Morgan fingerprint density at radius 3 is 2.76 bits per heavy atom. The summed E-state index contributed by atoms with van der Waals surface area (Å²) >= 11 is 0. The molecule has 1 aromatic carbocycles. The van der Waals surface area contributed by atoms with Crippen molar-refractivity contribution in [2.24, 2.45) is 5.73 Å². The zero-order chi connectivity index (χ0) is 14.8. The number of hydrogen-bond acceptors (Lipinski definition) is 3. The number of nitrogens with one attached hydrogen (secondary N) is 1. The van der Waals surface area contributed by atoms with Crippen LogP contribution >= 0.6 is 0 Å². The summed E-state index contributed by atoms with van der Waals surface area (Å²) in [6.45, 7) is 0.840. The molecule has 0 aliphatic carbocycles. The summed E-state index contributed by atoms with van der Waals surface area (Å²) in [6, 6.07) is 12.7. The molecule has 0 unspecified atom stereocenters. The first-order valence-electron chi connectivity index (χ1n) is 6.61. The number of fused-ring (bicyclic) bond motifs is 1. The number of carbonyl (C=O) groups is 1. The number of carbonyl (C=O) groups excluding carboxylic acids is 1. The lowest BCUT2D eigenvalue weighted by Gasteiger charge is -2.05. The van der Waals surface area contributed by atoms with E-state index in [-0.39, 0.29) is 0 Å². The highest BCUT2D eigenvalue weighted by atomic mass is 16.2. The molecule has 0 bridgehead atoms. The van der Waals surface area contributed by atoms with Gasteiger partial charge in [0.2, 0.25) is 0 Å². The smallest absolute Gasteiger partial charge is 0.324 e. The largest absolute Gasteiger partial charge is 0.351 e. The minimum absolute atomic E-state index is 0.526. The Hall–Kier alpha value is -2.66. The van der Waals surface area contributed by atoms with Crippen molar-refractivity contribution in [3.8, 4) is 11.1 Å². The van der Waals surface area contributed by atoms with Crippen LogP contribution in [0.15, 0.2) is 42.7 Å². The lowest BCUT2D eigenvalue weighted by molar-refractivity contribution is 0.251. The zero-order valence-corrected chi connectivity index (χ0v) is 11.6. The summed E-state index contributed by atoms with van der Waals surface area (Å²) in [7, 11) is 1.92. The van der Waals surface area contributed by atoms with Gasteiger partial charge in [0.1, 0.15) is 5.65 Å². The van der Waals surface area contributed by atoms with Crippen molar-refractivity contribution >= 4 is 17.1 Å². The fraction of sp³-hybridized carbons (Fsp3) is 0.125. The fourth-order valence-corrected chi connectivity index (χ4v) is 2.30. The van der Waals surface area contributed by atoms with E-state index in [0.29, 0.717) is 5.65 Å². The van der Waals surface area contributed by atoms with Crippen molar-refractivity contribution in [2.45, 2.75) is 6.54 Å². The first-order chi connectivity index (χ1) is 10.2. The van der Waals surface area contributed by atoms with E-state index in [1.807, 2.05) is 13.1 Å². The molecule has 2 heterocycles. The molecule has 0 saturated heterocycles. The molecule has 3 rings (SSSR count). The van der Waals surface area contributed by atoms with Gasteiger partial charge in [-0.1, -0.05) is 24.3 Å². The highest BCUT2D eigenvalue weighted by Crippen LogP contribution is 2.23. The Kier molecular flexibility index (Phi) is 3.41. The summed E-state index contributed by atoms with van der Waals surface area (Å²) < 4.78 is 1.29. The third kappa shape index (κ3) is 2.51. The first-order valence-corrected chi connectivity index (χ1v) is 6.61. The quantitative estimate of drug-likeness (QED) is 0.771. The van der Waals surface area contributed by atoms with Gasteiger partial charge >= 0.3 is 6.03 Å². The molecule has 1 amide bonds. The molecule has 5 heteroatoms. The van der Waals surface area contributed by atoms with Gasteiger partial charge < -0.3 is 11.1 Å². The van der Waals surface area contributed by atoms with E-state index in [4.69, 9.17) is 5.73 Å². The predicted molar refractivity (Wildman–Crippen MR) is 81.8 cm³/mol. The van der Waals surface area contributed by atoms with Crippen molar-refractivity contribution in [3.63, 3.8) is 0 Å². The van der Waals surface area contributed by atoms with Crippen LogP contribution in [0.25, 0.3) is 22.2 Å². The SMILES string of the molecule is CNCc1ccc(-c2cnc3c([c]cn3C(N)=O)c2)cc1. The normalized spacial score (nSPS) is 10.9. The van der Waals surface area contributed by atoms with Crippen LogP contribution in [0.4, 0.5) is 4.79 Å². The molecule has 3 aromatic rings. The van der Waals surface area contributed by atoms with Gasteiger partial charge in [-0.2, -0.15) is 0 Å². The maximum Gasteiger partial charge on any atom is 0.324 e. The summed E-state index contributed by atoms with van der Waals surface area (Å²) in [5.74, 6) is 0. The first kappa shape index (κ1) is 13.3. The Bertz CT molecular complexity index is 790. The van der Waals surface area contributed by atoms with E-state index in [1.165, 1.54) is 16.3 Å². The third-order valence-corrected chi connectivity index (χ3v) is 3.35. The fourth-order valence-electron chi connectivity index (χ4n) is 2.30. The summed E-state index contributed by atoms with van der Waals surface area (Å²) in [6.07, 6.45) is 3.25. The maximum absolute atomic E-state index is 11.2. The monoisotopic (exact) mass is 279 g/mol. The lowest BCUT2D eigenvalue weighted by Crippen LogP contribution is -2.18. The third-order valence-electron chi connectivity index (χ3n) is 3.35. The molecule has 0 aliphatic rings. The van der Waals surface area contributed by atoms with Crippen LogP contribution in [0.2, 0.25) is 0 Å². The minimum atomic E-state index is -0.557. The van der Waals surface area contributed by atoms with Gasteiger partial charge in [-0.3, -0.25) is 4.57 Å². The Balaban J connectivity index is 1.99. The molecule has 0 saturated carbocycles. The molecule has 0 atom stereocenters. The number of nitrogens with zero attached hydrogens (tertiary/aromatic N) is 2. The Morgan fingerprint density at radius 1 is 1.33 bits per heavy atom. The molecule has 2 aromatic heterocycles. The summed E-state index contributed by atoms with van der Waals surface area (Å²) in [5, 5.41) is 3.89. The zero-order valence-electron chi connectivity index (χ0n) is 11.6. The van der Waals surface area contributed by atoms with Gasteiger partial charge in [0.05, 0.1) is 0 Å². The molecule has 5 nitrogen and oxygen atoms in total. The molecule has 0 aliphatic heterocycles. The van der Waals surface area contributed by atoms with E-state index in [9.17, 15) is 4.79 Å². The number of pyridine rings is 1. The number of rotatable bonds is 3. The van der Waals surface area contributed by atoms with Crippen molar-refractivity contribution in [1.82, 2.24) is 14.9 Å². The van der Waals surface area contributed by atoms with Gasteiger partial charge in [0.25, 0.3) is 0 Å². The summed E-state index contributed by atoms with van der Waals surface area (Å²) in [4.78, 5) is 15.6. The number of hydrogen-bond donors (Lipinski definition) is 2. The average Bonchev–Trinajstić information content (AvgIpc) is 2.91. The van der Waals surface area contributed by atoms with E-state index < -0.39 is 6.03 Å². The van der Waals surface area contributed by atoms with E-state index in [0.717, 1.165) is 23.1 Å². The molecule has 21 heavy (non-hydrogen) atoms. The van der Waals surface area contributed by atoms with Gasteiger partial charge in [-0.05, 0) is 24.2 Å². The second kappa shape index (κ2) is 5.38. The van der Waals surface area contributed by atoms with Crippen LogP contribution in [0, 0.1) is 6.07 Å². The molecular formula is C16H15N4O. The second-order valence-electron chi connectivity index (χ2n) is 4.80. The standard InChI is InChI=1S/C16H15N4O/c1-18-9-11-2-4-12(5-3-11)14-8-13-6-7-20(16(17)21)15(13)19-10-14/h2-5,7-8,10,18H,9H2,1H3,(H2,17,21). The van der Waals surface area contributed by atoms with Crippen LogP contribution in [-0.2, 0) is 6.54 Å². The van der Waals surface area contributed by atoms with Gasteiger partial charge in [-0.25, -0.2) is 9.78 Å². The van der Waals surface area contributed by atoms with Gasteiger partial charge in [-0.15, -0.1) is 0 Å². The number of benzene rings is 1. The Morgan fingerprint density at radius 2 is 2.10 bits per heavy atom. The topological polar surface area (TPSA) is 72.9 Å². The lowest BCUT2D eigenvalue weighted by atomic mass is 10.0. The number of nitrogens with two attached hydrogens (primary N) is 1. The second-order valence-corrected chi connectivity index (χ2v) is 4.80. The molecule has 0 fully saturated rings. The summed E-state index contributed by atoms with van der Waals surface area (Å²) in [5.41, 5.74) is 9.08. The van der Waals surface area contributed by atoms with Crippen molar-refractivity contribution in [2.75, 3.05) is 7.05 Å². The van der Waals surface area contributed by atoms with Crippen molar-refractivity contribution < 1.29 is 4.79 Å². The minimum Gasteiger partial charge on any atom is -0.351 e. The van der Waals surface area contributed by atoms with E-state index >= 15 is 0 Å². The van der Waals surface area contributed by atoms with Crippen LogP contribution in [0.5, 0.6) is 0 Å².